The maximum absolute atomic E-state index is 12.1. The van der Waals surface area contributed by atoms with E-state index in [9.17, 15) is 9.59 Å². The molecule has 6 nitrogen and oxygen atoms in total. The average Bonchev–Trinajstić information content (AvgIpc) is 2.81. The molecule has 1 aliphatic carbocycles. The third kappa shape index (κ3) is 2.46. The number of anilines is 1. The van der Waals surface area contributed by atoms with Gasteiger partial charge in [0.15, 0.2) is 0 Å². The molecule has 1 aliphatic rings. The van der Waals surface area contributed by atoms with Crippen molar-refractivity contribution < 1.29 is 14.7 Å². The van der Waals surface area contributed by atoms with Crippen LogP contribution in [0.3, 0.4) is 0 Å². The van der Waals surface area contributed by atoms with Crippen molar-refractivity contribution >= 4 is 17.6 Å². The van der Waals surface area contributed by atoms with Gasteiger partial charge in [-0.05, 0) is 12.3 Å². The van der Waals surface area contributed by atoms with Gasteiger partial charge in [-0.15, -0.1) is 0 Å². The summed E-state index contributed by atoms with van der Waals surface area (Å²) in [5.74, 6) is -0.812. The summed E-state index contributed by atoms with van der Waals surface area (Å²) in [7, 11) is 1.73. The first-order valence-corrected chi connectivity index (χ1v) is 5.51. The molecule has 0 spiro atoms. The quantitative estimate of drug-likeness (QED) is 0.827. The van der Waals surface area contributed by atoms with Crippen LogP contribution < -0.4 is 4.90 Å². The number of nitrogens with zero attached hydrogens (tertiary/aromatic N) is 3. The molecule has 0 saturated heterocycles. The molecule has 92 valence electrons. The van der Waals surface area contributed by atoms with Crippen LogP contribution >= 0.6 is 0 Å². The van der Waals surface area contributed by atoms with Crippen molar-refractivity contribution in [3.63, 3.8) is 0 Å². The Hall–Kier alpha value is -1.85. The third-order valence-corrected chi connectivity index (χ3v) is 2.99. The Morgan fingerprint density at radius 2 is 2.29 bits per heavy atom. The molecule has 1 N–H and O–H groups in total. The first-order valence-electron chi connectivity index (χ1n) is 5.51. The van der Waals surface area contributed by atoms with E-state index in [1.54, 1.807) is 17.9 Å². The molecule has 1 fully saturated rings. The molecule has 0 unspecified atom stereocenters. The molecular weight excluding hydrogens is 222 g/mol. The number of aliphatic carboxylic acids is 1. The van der Waals surface area contributed by atoms with E-state index in [0.717, 1.165) is 6.42 Å². The molecule has 1 saturated carbocycles. The van der Waals surface area contributed by atoms with Gasteiger partial charge in [-0.2, -0.15) is 5.10 Å². The van der Waals surface area contributed by atoms with Gasteiger partial charge in [0, 0.05) is 19.2 Å². The fraction of sp³-hybridized carbons (Fsp3) is 0.545. The van der Waals surface area contributed by atoms with Crippen LogP contribution in [0.5, 0.6) is 0 Å². The van der Waals surface area contributed by atoms with Gasteiger partial charge in [0.25, 0.3) is 0 Å². The van der Waals surface area contributed by atoms with Crippen LogP contribution in [0.2, 0.25) is 0 Å². The first-order chi connectivity index (χ1) is 7.99. The van der Waals surface area contributed by atoms with E-state index in [0.29, 0.717) is 11.6 Å². The van der Waals surface area contributed by atoms with Gasteiger partial charge in [-0.3, -0.25) is 19.2 Å². The number of carbonyl (C=O) groups is 2. The lowest BCUT2D eigenvalue weighted by Crippen LogP contribution is -2.36. The van der Waals surface area contributed by atoms with Crippen molar-refractivity contribution in [2.75, 3.05) is 11.4 Å². The Bertz CT molecular complexity index is 455. The Kier molecular flexibility index (Phi) is 2.87. The SMILES string of the molecule is C[C@@H]1C[C@H]1C(=O)N(CC(=O)O)c1cnn(C)c1. The Morgan fingerprint density at radius 1 is 1.65 bits per heavy atom. The van der Waals surface area contributed by atoms with Gasteiger partial charge < -0.3 is 5.11 Å². The topological polar surface area (TPSA) is 75.4 Å². The van der Waals surface area contributed by atoms with Crippen molar-refractivity contribution in [3.8, 4) is 0 Å². The summed E-state index contributed by atoms with van der Waals surface area (Å²) in [4.78, 5) is 24.2. The van der Waals surface area contributed by atoms with Crippen LogP contribution in [-0.2, 0) is 16.6 Å². The van der Waals surface area contributed by atoms with Gasteiger partial charge >= 0.3 is 5.97 Å². The highest BCUT2D eigenvalue weighted by Gasteiger charge is 2.42. The standard InChI is InChI=1S/C11H15N3O3/c1-7-3-9(7)11(17)14(6-10(15)16)8-4-12-13(2)5-8/h4-5,7,9H,3,6H2,1-2H3,(H,15,16)/t7-,9-/m1/s1. The van der Waals surface area contributed by atoms with E-state index in [1.807, 2.05) is 6.92 Å². The van der Waals surface area contributed by atoms with Crippen LogP contribution in [0.4, 0.5) is 5.69 Å². The van der Waals surface area contributed by atoms with Gasteiger partial charge in [-0.1, -0.05) is 6.92 Å². The summed E-state index contributed by atoms with van der Waals surface area (Å²) in [5.41, 5.74) is 0.541. The number of hydrogen-bond acceptors (Lipinski definition) is 3. The molecule has 1 amide bonds. The third-order valence-electron chi connectivity index (χ3n) is 2.99. The average molecular weight is 237 g/mol. The first kappa shape index (κ1) is 11.6. The van der Waals surface area contributed by atoms with E-state index >= 15 is 0 Å². The maximum Gasteiger partial charge on any atom is 0.323 e. The largest absolute Gasteiger partial charge is 0.480 e. The van der Waals surface area contributed by atoms with Crippen molar-refractivity contribution in [3.05, 3.63) is 12.4 Å². The van der Waals surface area contributed by atoms with Crippen molar-refractivity contribution in [1.29, 1.82) is 0 Å². The van der Waals surface area contributed by atoms with E-state index < -0.39 is 5.97 Å². The second-order valence-corrected chi connectivity index (χ2v) is 4.51. The van der Waals surface area contributed by atoms with Crippen LogP contribution in [0.25, 0.3) is 0 Å². The number of rotatable bonds is 4. The molecule has 1 aromatic rings. The molecule has 0 aromatic carbocycles. The highest BCUT2D eigenvalue weighted by molar-refractivity contribution is 5.99. The number of aromatic nitrogens is 2. The minimum atomic E-state index is -1.02. The minimum Gasteiger partial charge on any atom is -0.480 e. The number of aryl methyl sites for hydroxylation is 1. The van der Waals surface area contributed by atoms with Crippen LogP contribution in [-0.4, -0.2) is 33.3 Å². The predicted molar refractivity (Wildman–Crippen MR) is 60.5 cm³/mol. The molecule has 2 rings (SSSR count). The Labute approximate surface area is 98.8 Å². The summed E-state index contributed by atoms with van der Waals surface area (Å²) in [6, 6.07) is 0. The molecule has 1 aromatic heterocycles. The van der Waals surface area contributed by atoms with Gasteiger partial charge in [0.1, 0.15) is 6.54 Å². The van der Waals surface area contributed by atoms with Crippen molar-refractivity contribution in [1.82, 2.24) is 9.78 Å². The smallest absolute Gasteiger partial charge is 0.323 e. The second kappa shape index (κ2) is 4.20. The van der Waals surface area contributed by atoms with Crippen LogP contribution in [0, 0.1) is 11.8 Å². The van der Waals surface area contributed by atoms with E-state index in [1.165, 1.54) is 11.1 Å². The van der Waals surface area contributed by atoms with E-state index in [4.69, 9.17) is 5.11 Å². The lowest BCUT2D eigenvalue weighted by molar-refractivity contribution is -0.136. The highest BCUT2D eigenvalue weighted by atomic mass is 16.4. The molecule has 2 atom stereocenters. The second-order valence-electron chi connectivity index (χ2n) is 4.51. The molecule has 17 heavy (non-hydrogen) atoms. The lowest BCUT2D eigenvalue weighted by atomic mass is 10.2. The van der Waals surface area contributed by atoms with Crippen molar-refractivity contribution in [2.45, 2.75) is 13.3 Å². The zero-order chi connectivity index (χ0) is 12.6. The van der Waals surface area contributed by atoms with Crippen LogP contribution in [0.15, 0.2) is 12.4 Å². The molecule has 0 bridgehead atoms. The summed E-state index contributed by atoms with van der Waals surface area (Å²) in [6.45, 7) is 1.68. The van der Waals surface area contributed by atoms with E-state index in [-0.39, 0.29) is 18.4 Å². The van der Waals surface area contributed by atoms with Crippen molar-refractivity contribution in [2.24, 2.45) is 18.9 Å². The normalized spacial score (nSPS) is 22.2. The molecule has 1 heterocycles. The molecule has 6 heteroatoms. The predicted octanol–water partition coefficient (Wildman–Crippen LogP) is 0.494. The minimum absolute atomic E-state index is 0.0328. The maximum atomic E-state index is 12.1. The number of carboxylic acid groups (broad SMARTS) is 1. The monoisotopic (exact) mass is 237 g/mol. The lowest BCUT2D eigenvalue weighted by Gasteiger charge is -2.18. The fourth-order valence-corrected chi connectivity index (χ4v) is 1.85. The zero-order valence-corrected chi connectivity index (χ0v) is 9.83. The number of hydrogen-bond donors (Lipinski definition) is 1. The highest BCUT2D eigenvalue weighted by Crippen LogP contribution is 2.39. The summed E-state index contributed by atoms with van der Waals surface area (Å²) < 4.78 is 1.55. The summed E-state index contributed by atoms with van der Waals surface area (Å²) in [5, 5.41) is 12.8. The summed E-state index contributed by atoms with van der Waals surface area (Å²) >= 11 is 0. The Balaban J connectivity index is 2.18. The summed E-state index contributed by atoms with van der Waals surface area (Å²) in [6.07, 6.45) is 4.00. The number of carbonyl (C=O) groups excluding carboxylic acids is 1. The zero-order valence-electron chi connectivity index (χ0n) is 9.83. The number of amides is 1. The molecule has 0 aliphatic heterocycles. The van der Waals surface area contributed by atoms with Crippen LogP contribution in [0.1, 0.15) is 13.3 Å². The number of carboxylic acids is 1. The van der Waals surface area contributed by atoms with E-state index in [2.05, 4.69) is 5.10 Å². The fourth-order valence-electron chi connectivity index (χ4n) is 1.85. The molecule has 0 radical (unpaired) electrons. The molecular formula is C11H15N3O3. The Morgan fingerprint density at radius 3 is 2.71 bits per heavy atom. The van der Waals surface area contributed by atoms with Gasteiger partial charge in [0.2, 0.25) is 5.91 Å². The van der Waals surface area contributed by atoms with Gasteiger partial charge in [0.05, 0.1) is 11.9 Å². The van der Waals surface area contributed by atoms with Gasteiger partial charge in [-0.25, -0.2) is 0 Å².